The maximum absolute atomic E-state index is 5.52. The number of rotatable bonds is 6. The second kappa shape index (κ2) is 7.56. The third-order valence-electron chi connectivity index (χ3n) is 4.11. The average Bonchev–Trinajstić information content (AvgIpc) is 2.41. The van der Waals surface area contributed by atoms with E-state index in [0.717, 1.165) is 25.7 Å². The average molecular weight is 269 g/mol. The zero-order chi connectivity index (χ0) is 12.7. The van der Waals surface area contributed by atoms with Crippen molar-refractivity contribution in [3.05, 3.63) is 12.2 Å². The van der Waals surface area contributed by atoms with Crippen LogP contribution in [0.5, 0.6) is 0 Å². The molecule has 1 N–H and O–H groups in total. The standard InChI is InChI=1S/C15H27NOS/c1-2-18-15(8-10-17-11-9-15)13-16-12-14-6-4-3-5-7-14/h3-4,14,16H,2,5-13H2,1H3/t14-/m1/s1. The van der Waals surface area contributed by atoms with Gasteiger partial charge < -0.3 is 10.1 Å². The van der Waals surface area contributed by atoms with Crippen molar-refractivity contribution in [2.75, 3.05) is 32.1 Å². The Morgan fingerprint density at radius 1 is 1.33 bits per heavy atom. The maximum Gasteiger partial charge on any atom is 0.0479 e. The van der Waals surface area contributed by atoms with Gasteiger partial charge >= 0.3 is 0 Å². The predicted molar refractivity (Wildman–Crippen MR) is 80.3 cm³/mol. The third kappa shape index (κ3) is 4.29. The predicted octanol–water partition coefficient (Wildman–Crippen LogP) is 3.23. The minimum absolute atomic E-state index is 0.442. The molecule has 0 aromatic heterocycles. The Morgan fingerprint density at radius 3 is 2.83 bits per heavy atom. The summed E-state index contributed by atoms with van der Waals surface area (Å²) in [6, 6.07) is 0. The van der Waals surface area contributed by atoms with Crippen molar-refractivity contribution in [3.63, 3.8) is 0 Å². The minimum Gasteiger partial charge on any atom is -0.381 e. The van der Waals surface area contributed by atoms with Crippen molar-refractivity contribution in [1.29, 1.82) is 0 Å². The first-order valence-corrected chi connectivity index (χ1v) is 8.41. The summed E-state index contributed by atoms with van der Waals surface area (Å²) in [7, 11) is 0. The van der Waals surface area contributed by atoms with Gasteiger partial charge in [0.2, 0.25) is 0 Å². The molecule has 1 aliphatic heterocycles. The molecule has 1 aliphatic carbocycles. The van der Waals surface area contributed by atoms with Crippen LogP contribution in [0, 0.1) is 5.92 Å². The van der Waals surface area contributed by atoms with Gasteiger partial charge in [-0.3, -0.25) is 0 Å². The van der Waals surface area contributed by atoms with Gasteiger partial charge in [-0.15, -0.1) is 0 Å². The summed E-state index contributed by atoms with van der Waals surface area (Å²) in [6.07, 6.45) is 11.0. The van der Waals surface area contributed by atoms with Crippen LogP contribution in [0.2, 0.25) is 0 Å². The lowest BCUT2D eigenvalue weighted by Gasteiger charge is -2.37. The quantitative estimate of drug-likeness (QED) is 0.748. The number of ether oxygens (including phenoxy) is 1. The molecule has 1 saturated heterocycles. The maximum atomic E-state index is 5.52. The Kier molecular flexibility index (Phi) is 6.06. The fourth-order valence-corrected chi connectivity index (χ4v) is 4.24. The second-order valence-corrected chi connectivity index (χ2v) is 7.24. The molecule has 0 spiro atoms. The lowest BCUT2D eigenvalue weighted by molar-refractivity contribution is 0.0769. The van der Waals surface area contributed by atoms with E-state index in [4.69, 9.17) is 4.74 Å². The summed E-state index contributed by atoms with van der Waals surface area (Å²) in [6.45, 7) is 6.52. The molecular weight excluding hydrogens is 242 g/mol. The summed E-state index contributed by atoms with van der Waals surface area (Å²) in [5.74, 6) is 2.08. The normalized spacial score (nSPS) is 27.3. The molecule has 2 rings (SSSR count). The summed E-state index contributed by atoms with van der Waals surface area (Å²) >= 11 is 2.13. The molecule has 0 unspecified atom stereocenters. The largest absolute Gasteiger partial charge is 0.381 e. The molecule has 1 fully saturated rings. The molecule has 0 saturated carbocycles. The Hall–Kier alpha value is 0.01000. The molecule has 104 valence electrons. The van der Waals surface area contributed by atoms with Gasteiger partial charge in [-0.25, -0.2) is 0 Å². The molecule has 18 heavy (non-hydrogen) atoms. The Labute approximate surface area is 116 Å². The molecule has 0 aromatic rings. The highest BCUT2D eigenvalue weighted by Gasteiger charge is 2.32. The first-order valence-electron chi connectivity index (χ1n) is 7.42. The van der Waals surface area contributed by atoms with Crippen LogP contribution in [0.25, 0.3) is 0 Å². The van der Waals surface area contributed by atoms with Gasteiger partial charge in [-0.2, -0.15) is 11.8 Å². The van der Waals surface area contributed by atoms with E-state index in [9.17, 15) is 0 Å². The van der Waals surface area contributed by atoms with Crippen LogP contribution in [0.1, 0.15) is 39.0 Å². The first kappa shape index (κ1) is 14.4. The van der Waals surface area contributed by atoms with Crippen LogP contribution in [0.15, 0.2) is 12.2 Å². The van der Waals surface area contributed by atoms with E-state index in [0.29, 0.717) is 4.75 Å². The van der Waals surface area contributed by atoms with Crippen molar-refractivity contribution in [2.24, 2.45) is 5.92 Å². The van der Waals surface area contributed by atoms with Crippen LogP contribution in [-0.4, -0.2) is 36.8 Å². The molecule has 0 radical (unpaired) electrons. The second-order valence-electron chi connectivity index (χ2n) is 5.51. The van der Waals surface area contributed by atoms with Gasteiger partial charge in [0.05, 0.1) is 0 Å². The van der Waals surface area contributed by atoms with Crippen molar-refractivity contribution >= 4 is 11.8 Å². The van der Waals surface area contributed by atoms with Crippen LogP contribution in [0.4, 0.5) is 0 Å². The fraction of sp³-hybridized carbons (Fsp3) is 0.867. The zero-order valence-electron chi connectivity index (χ0n) is 11.6. The van der Waals surface area contributed by atoms with Crippen LogP contribution in [0.3, 0.4) is 0 Å². The summed E-state index contributed by atoms with van der Waals surface area (Å²) in [5, 5.41) is 3.74. The van der Waals surface area contributed by atoms with Crippen molar-refractivity contribution in [2.45, 2.75) is 43.8 Å². The molecule has 1 atom stereocenters. The smallest absolute Gasteiger partial charge is 0.0479 e. The van der Waals surface area contributed by atoms with E-state index < -0.39 is 0 Å². The monoisotopic (exact) mass is 269 g/mol. The van der Waals surface area contributed by atoms with Gasteiger partial charge in [0.15, 0.2) is 0 Å². The summed E-state index contributed by atoms with van der Waals surface area (Å²) in [5.41, 5.74) is 0. The lowest BCUT2D eigenvalue weighted by Crippen LogP contribution is -2.44. The molecule has 3 heteroatoms. The third-order valence-corrected chi connectivity index (χ3v) is 5.57. The Morgan fingerprint density at radius 2 is 2.17 bits per heavy atom. The molecule has 0 amide bonds. The van der Waals surface area contributed by atoms with Gasteiger partial charge in [0.25, 0.3) is 0 Å². The SMILES string of the molecule is CCSC1(CNC[C@@H]2CC=CCC2)CCOCC1. The summed E-state index contributed by atoms with van der Waals surface area (Å²) in [4.78, 5) is 0. The van der Waals surface area contributed by atoms with Crippen molar-refractivity contribution < 1.29 is 4.74 Å². The molecule has 1 heterocycles. The highest BCUT2D eigenvalue weighted by Crippen LogP contribution is 2.34. The molecule has 0 bridgehead atoms. The van der Waals surface area contributed by atoms with E-state index in [1.807, 2.05) is 0 Å². The minimum atomic E-state index is 0.442. The topological polar surface area (TPSA) is 21.3 Å². The van der Waals surface area contributed by atoms with Gasteiger partial charge in [0.1, 0.15) is 0 Å². The van der Waals surface area contributed by atoms with E-state index in [1.165, 1.54) is 44.4 Å². The first-order chi connectivity index (χ1) is 8.85. The Bertz CT molecular complexity index is 256. The van der Waals surface area contributed by atoms with Crippen molar-refractivity contribution in [3.8, 4) is 0 Å². The van der Waals surface area contributed by atoms with E-state index >= 15 is 0 Å². The zero-order valence-corrected chi connectivity index (χ0v) is 12.4. The lowest BCUT2D eigenvalue weighted by atomic mass is 9.93. The van der Waals surface area contributed by atoms with Gasteiger partial charge in [0, 0.05) is 24.5 Å². The molecule has 2 aliphatic rings. The van der Waals surface area contributed by atoms with Crippen LogP contribution in [-0.2, 0) is 4.74 Å². The fourth-order valence-electron chi connectivity index (χ4n) is 2.97. The number of allylic oxidation sites excluding steroid dienone is 2. The van der Waals surface area contributed by atoms with Gasteiger partial charge in [-0.05, 0) is 50.3 Å². The Balaban J connectivity index is 1.73. The van der Waals surface area contributed by atoms with Crippen molar-refractivity contribution in [1.82, 2.24) is 5.32 Å². The molecule has 2 nitrogen and oxygen atoms in total. The van der Waals surface area contributed by atoms with E-state index in [2.05, 4.69) is 36.2 Å². The highest BCUT2D eigenvalue weighted by atomic mass is 32.2. The van der Waals surface area contributed by atoms with Crippen LogP contribution < -0.4 is 5.32 Å². The van der Waals surface area contributed by atoms with E-state index in [1.54, 1.807) is 0 Å². The molecule has 0 aromatic carbocycles. The van der Waals surface area contributed by atoms with Gasteiger partial charge in [-0.1, -0.05) is 19.1 Å². The molecular formula is C15H27NOS. The number of thioether (sulfide) groups is 1. The highest BCUT2D eigenvalue weighted by molar-refractivity contribution is 8.00. The number of hydrogen-bond acceptors (Lipinski definition) is 3. The number of hydrogen-bond donors (Lipinski definition) is 1. The van der Waals surface area contributed by atoms with E-state index in [-0.39, 0.29) is 0 Å². The van der Waals surface area contributed by atoms with Crippen LogP contribution >= 0.6 is 11.8 Å². The summed E-state index contributed by atoms with van der Waals surface area (Å²) < 4.78 is 5.96. The number of nitrogens with one attached hydrogen (secondary N) is 1.